The molecule has 1 aliphatic carbocycles. The van der Waals surface area contributed by atoms with E-state index in [2.05, 4.69) is 5.32 Å². The van der Waals surface area contributed by atoms with Gasteiger partial charge in [-0.25, -0.2) is 0 Å². The lowest BCUT2D eigenvalue weighted by Gasteiger charge is -2.11. The standard InChI is InChI=1S/C13H17NOS/c1-16-12-8-6-10(7-9-12)13(15)14-11-4-2-3-5-11/h6-9,11H,2-5H2,1H3,(H,14,15). The molecule has 0 atom stereocenters. The van der Waals surface area contributed by atoms with Crippen LogP contribution >= 0.6 is 11.8 Å². The van der Waals surface area contributed by atoms with Crippen LogP contribution in [0.5, 0.6) is 0 Å². The zero-order valence-electron chi connectivity index (χ0n) is 9.53. The van der Waals surface area contributed by atoms with Crippen LogP contribution in [0, 0.1) is 0 Å². The molecule has 0 saturated heterocycles. The maximum Gasteiger partial charge on any atom is 0.251 e. The van der Waals surface area contributed by atoms with E-state index in [-0.39, 0.29) is 5.91 Å². The van der Waals surface area contributed by atoms with Gasteiger partial charge in [0.25, 0.3) is 5.91 Å². The predicted octanol–water partition coefficient (Wildman–Crippen LogP) is 3.08. The summed E-state index contributed by atoms with van der Waals surface area (Å²) in [5.74, 6) is 0.0690. The number of hydrogen-bond acceptors (Lipinski definition) is 2. The molecular weight excluding hydrogens is 218 g/mol. The van der Waals surface area contributed by atoms with E-state index in [1.165, 1.54) is 17.7 Å². The molecule has 1 saturated carbocycles. The SMILES string of the molecule is CSc1ccc(C(=O)NC2CCCC2)cc1. The molecule has 0 bridgehead atoms. The molecule has 2 rings (SSSR count). The molecule has 0 heterocycles. The van der Waals surface area contributed by atoms with E-state index in [1.54, 1.807) is 11.8 Å². The van der Waals surface area contributed by atoms with Crippen LogP contribution in [0.2, 0.25) is 0 Å². The minimum atomic E-state index is 0.0690. The quantitative estimate of drug-likeness (QED) is 0.816. The molecule has 1 aliphatic rings. The average Bonchev–Trinajstić information content (AvgIpc) is 2.82. The number of thioether (sulfide) groups is 1. The summed E-state index contributed by atoms with van der Waals surface area (Å²) in [7, 11) is 0. The number of nitrogens with one attached hydrogen (secondary N) is 1. The molecule has 16 heavy (non-hydrogen) atoms. The summed E-state index contributed by atoms with van der Waals surface area (Å²) in [5.41, 5.74) is 0.768. The van der Waals surface area contributed by atoms with E-state index in [0.29, 0.717) is 6.04 Å². The lowest BCUT2D eigenvalue weighted by molar-refractivity contribution is 0.0938. The third-order valence-electron chi connectivity index (χ3n) is 3.04. The lowest BCUT2D eigenvalue weighted by Crippen LogP contribution is -2.32. The van der Waals surface area contributed by atoms with Crippen LogP contribution in [0.1, 0.15) is 36.0 Å². The first kappa shape index (κ1) is 11.5. The maximum absolute atomic E-state index is 11.9. The highest BCUT2D eigenvalue weighted by Gasteiger charge is 2.17. The van der Waals surface area contributed by atoms with Crippen LogP contribution < -0.4 is 5.32 Å². The summed E-state index contributed by atoms with van der Waals surface area (Å²) in [4.78, 5) is 13.1. The van der Waals surface area contributed by atoms with Gasteiger partial charge in [0.15, 0.2) is 0 Å². The molecule has 0 aromatic heterocycles. The van der Waals surface area contributed by atoms with Crippen molar-refractivity contribution in [3.05, 3.63) is 29.8 Å². The third kappa shape index (κ3) is 2.79. The van der Waals surface area contributed by atoms with Crippen molar-refractivity contribution in [3.8, 4) is 0 Å². The topological polar surface area (TPSA) is 29.1 Å². The fourth-order valence-electron chi connectivity index (χ4n) is 2.08. The van der Waals surface area contributed by atoms with Crippen molar-refractivity contribution in [2.75, 3.05) is 6.26 Å². The summed E-state index contributed by atoms with van der Waals surface area (Å²) >= 11 is 1.69. The monoisotopic (exact) mass is 235 g/mol. The summed E-state index contributed by atoms with van der Waals surface area (Å²) in [6.45, 7) is 0. The van der Waals surface area contributed by atoms with Gasteiger partial charge in [0, 0.05) is 16.5 Å². The minimum Gasteiger partial charge on any atom is -0.349 e. The van der Waals surface area contributed by atoms with Crippen molar-refractivity contribution in [1.29, 1.82) is 0 Å². The first-order valence-corrected chi connectivity index (χ1v) is 6.97. The van der Waals surface area contributed by atoms with Crippen molar-refractivity contribution in [3.63, 3.8) is 0 Å². The smallest absolute Gasteiger partial charge is 0.251 e. The molecule has 3 heteroatoms. The summed E-state index contributed by atoms with van der Waals surface area (Å²) in [5, 5.41) is 3.09. The van der Waals surface area contributed by atoms with Crippen LogP contribution in [0.25, 0.3) is 0 Å². The predicted molar refractivity (Wildman–Crippen MR) is 67.9 cm³/mol. The van der Waals surface area contributed by atoms with Gasteiger partial charge in [-0.05, 0) is 43.4 Å². The zero-order chi connectivity index (χ0) is 11.4. The van der Waals surface area contributed by atoms with Gasteiger partial charge in [-0.1, -0.05) is 12.8 Å². The number of rotatable bonds is 3. The van der Waals surface area contributed by atoms with Crippen LogP contribution in [-0.2, 0) is 0 Å². The van der Waals surface area contributed by atoms with Crippen molar-refractivity contribution in [1.82, 2.24) is 5.32 Å². The third-order valence-corrected chi connectivity index (χ3v) is 3.79. The Labute approximate surface area is 101 Å². The lowest BCUT2D eigenvalue weighted by atomic mass is 10.2. The van der Waals surface area contributed by atoms with Crippen LogP contribution in [0.15, 0.2) is 29.2 Å². The van der Waals surface area contributed by atoms with Gasteiger partial charge in [0.1, 0.15) is 0 Å². The van der Waals surface area contributed by atoms with E-state index >= 15 is 0 Å². The van der Waals surface area contributed by atoms with E-state index < -0.39 is 0 Å². The second kappa shape index (κ2) is 5.39. The average molecular weight is 235 g/mol. The molecule has 1 amide bonds. The van der Waals surface area contributed by atoms with Gasteiger partial charge in [0.05, 0.1) is 0 Å². The fraction of sp³-hybridized carbons (Fsp3) is 0.462. The normalized spacial score (nSPS) is 16.3. The molecule has 0 aliphatic heterocycles. The number of benzene rings is 1. The number of hydrogen-bond donors (Lipinski definition) is 1. The van der Waals surface area contributed by atoms with Gasteiger partial charge < -0.3 is 5.32 Å². The Morgan fingerprint density at radius 3 is 2.44 bits per heavy atom. The Morgan fingerprint density at radius 1 is 1.25 bits per heavy atom. The molecule has 0 radical (unpaired) electrons. The Balaban J connectivity index is 1.97. The molecule has 1 N–H and O–H groups in total. The summed E-state index contributed by atoms with van der Waals surface area (Å²) in [6, 6.07) is 8.18. The maximum atomic E-state index is 11.9. The zero-order valence-corrected chi connectivity index (χ0v) is 10.3. The summed E-state index contributed by atoms with van der Waals surface area (Å²) in [6.07, 6.45) is 6.80. The highest BCUT2D eigenvalue weighted by Crippen LogP contribution is 2.19. The first-order chi connectivity index (χ1) is 7.79. The molecule has 0 unspecified atom stereocenters. The highest BCUT2D eigenvalue weighted by atomic mass is 32.2. The van der Waals surface area contributed by atoms with Gasteiger partial charge in [0.2, 0.25) is 0 Å². The van der Waals surface area contributed by atoms with Crippen LogP contribution in [-0.4, -0.2) is 18.2 Å². The fourth-order valence-corrected chi connectivity index (χ4v) is 2.49. The molecular formula is C13H17NOS. The van der Waals surface area contributed by atoms with E-state index in [4.69, 9.17) is 0 Å². The minimum absolute atomic E-state index is 0.0690. The number of carbonyl (C=O) groups excluding carboxylic acids is 1. The Kier molecular flexibility index (Phi) is 3.88. The molecule has 86 valence electrons. The van der Waals surface area contributed by atoms with Gasteiger partial charge in [-0.2, -0.15) is 0 Å². The first-order valence-electron chi connectivity index (χ1n) is 5.74. The van der Waals surface area contributed by atoms with E-state index in [0.717, 1.165) is 18.4 Å². The largest absolute Gasteiger partial charge is 0.349 e. The number of amides is 1. The molecule has 1 aromatic rings. The van der Waals surface area contributed by atoms with Gasteiger partial charge >= 0.3 is 0 Å². The second-order valence-electron chi connectivity index (χ2n) is 4.18. The van der Waals surface area contributed by atoms with E-state index in [1.807, 2.05) is 30.5 Å². The molecule has 2 nitrogen and oxygen atoms in total. The van der Waals surface area contributed by atoms with Crippen LogP contribution in [0.4, 0.5) is 0 Å². The van der Waals surface area contributed by atoms with Gasteiger partial charge in [-0.3, -0.25) is 4.79 Å². The van der Waals surface area contributed by atoms with Crippen molar-refractivity contribution in [2.24, 2.45) is 0 Å². The Hall–Kier alpha value is -0.960. The van der Waals surface area contributed by atoms with Crippen molar-refractivity contribution >= 4 is 17.7 Å². The summed E-state index contributed by atoms with van der Waals surface area (Å²) < 4.78 is 0. The Morgan fingerprint density at radius 2 is 1.88 bits per heavy atom. The van der Waals surface area contributed by atoms with Crippen molar-refractivity contribution in [2.45, 2.75) is 36.6 Å². The molecule has 1 aromatic carbocycles. The van der Waals surface area contributed by atoms with Gasteiger partial charge in [-0.15, -0.1) is 11.8 Å². The number of carbonyl (C=O) groups is 1. The Bertz CT molecular complexity index is 355. The second-order valence-corrected chi connectivity index (χ2v) is 5.06. The highest BCUT2D eigenvalue weighted by molar-refractivity contribution is 7.98. The van der Waals surface area contributed by atoms with E-state index in [9.17, 15) is 4.79 Å². The molecule has 0 spiro atoms. The molecule has 1 fully saturated rings. The van der Waals surface area contributed by atoms with Crippen molar-refractivity contribution < 1.29 is 4.79 Å². The van der Waals surface area contributed by atoms with Crippen LogP contribution in [0.3, 0.4) is 0 Å².